The molecule has 2 rings (SSSR count). The van der Waals surface area contributed by atoms with Crippen LogP contribution in [0.2, 0.25) is 0 Å². The lowest BCUT2D eigenvalue weighted by Gasteiger charge is -1.93. The smallest absolute Gasteiger partial charge is 0.248 e. The number of nitrogens with two attached hydrogens (primary N) is 1. The number of aliphatic hydroxyl groups excluding tert-OH is 1. The Morgan fingerprint density at radius 3 is 2.61 bits per heavy atom. The fourth-order valence-electron chi connectivity index (χ4n) is 1.58. The second kappa shape index (κ2) is 5.40. The zero-order valence-electron chi connectivity index (χ0n) is 9.81. The lowest BCUT2D eigenvalue weighted by molar-refractivity contribution is 0.100. The lowest BCUT2D eigenvalue weighted by atomic mass is 10.1. The molecule has 0 aliphatic heterocycles. The number of carbonyl (C=O) groups is 1. The number of hydrogen-bond acceptors (Lipinski definition) is 2. The standard InChI is InChI=1S/C15H13NO2/c16-15(18)12-7-5-11(6-8-12)3-1-2-4-13-9-14(13)10-17/h5-8,13-14,17H,9-10H2,(H2,16,18)/t13-,14+/m1/s1. The third-order valence-corrected chi connectivity index (χ3v) is 2.85. The predicted molar refractivity (Wildman–Crippen MR) is 68.3 cm³/mol. The van der Waals surface area contributed by atoms with Crippen molar-refractivity contribution in [1.82, 2.24) is 0 Å². The van der Waals surface area contributed by atoms with Crippen LogP contribution in [0.1, 0.15) is 22.3 Å². The third kappa shape index (κ3) is 3.13. The van der Waals surface area contributed by atoms with Crippen molar-refractivity contribution < 1.29 is 9.90 Å². The summed E-state index contributed by atoms with van der Waals surface area (Å²) in [4.78, 5) is 10.9. The highest BCUT2D eigenvalue weighted by molar-refractivity contribution is 5.92. The maximum Gasteiger partial charge on any atom is 0.248 e. The van der Waals surface area contributed by atoms with Crippen molar-refractivity contribution in [3.8, 4) is 23.7 Å². The fourth-order valence-corrected chi connectivity index (χ4v) is 1.58. The molecule has 3 N–H and O–H groups in total. The molecule has 0 heterocycles. The van der Waals surface area contributed by atoms with Gasteiger partial charge in [-0.05, 0) is 48.4 Å². The van der Waals surface area contributed by atoms with E-state index in [2.05, 4.69) is 23.7 Å². The number of primary amides is 1. The first-order chi connectivity index (χ1) is 8.70. The molecule has 0 radical (unpaired) electrons. The third-order valence-electron chi connectivity index (χ3n) is 2.85. The Labute approximate surface area is 106 Å². The van der Waals surface area contributed by atoms with Gasteiger partial charge in [0.1, 0.15) is 0 Å². The number of rotatable bonds is 2. The summed E-state index contributed by atoms with van der Waals surface area (Å²) in [5.41, 5.74) is 6.40. The number of benzene rings is 1. The van der Waals surface area contributed by atoms with E-state index in [-0.39, 0.29) is 6.61 Å². The monoisotopic (exact) mass is 239 g/mol. The maximum atomic E-state index is 10.9. The van der Waals surface area contributed by atoms with E-state index in [0.717, 1.165) is 12.0 Å². The number of carbonyl (C=O) groups excluding carboxylic acids is 1. The summed E-state index contributed by atoms with van der Waals surface area (Å²) in [7, 11) is 0. The molecule has 3 heteroatoms. The molecule has 3 nitrogen and oxygen atoms in total. The second-order valence-electron chi connectivity index (χ2n) is 4.25. The quantitative estimate of drug-likeness (QED) is 0.749. The minimum atomic E-state index is -0.446. The number of aliphatic hydroxyl groups is 1. The fraction of sp³-hybridized carbons (Fsp3) is 0.267. The molecule has 0 saturated heterocycles. The summed E-state index contributed by atoms with van der Waals surface area (Å²) in [6.45, 7) is 0.210. The molecule has 0 spiro atoms. The Hall–Kier alpha value is -2.23. The van der Waals surface area contributed by atoms with Crippen LogP contribution in [0, 0.1) is 35.5 Å². The molecule has 1 fully saturated rings. The van der Waals surface area contributed by atoms with E-state index in [0.29, 0.717) is 17.4 Å². The molecular formula is C15H13NO2. The zero-order valence-corrected chi connectivity index (χ0v) is 9.81. The molecule has 18 heavy (non-hydrogen) atoms. The average Bonchev–Trinajstić information content (AvgIpc) is 3.14. The Balaban J connectivity index is 1.96. The summed E-state index contributed by atoms with van der Waals surface area (Å²) in [6, 6.07) is 6.76. The minimum Gasteiger partial charge on any atom is -0.396 e. The van der Waals surface area contributed by atoms with Crippen molar-refractivity contribution in [1.29, 1.82) is 0 Å². The average molecular weight is 239 g/mol. The van der Waals surface area contributed by atoms with Crippen LogP contribution in [0.15, 0.2) is 24.3 Å². The minimum absolute atomic E-state index is 0.210. The first kappa shape index (κ1) is 12.2. The van der Waals surface area contributed by atoms with Crippen LogP contribution in [-0.2, 0) is 0 Å². The zero-order chi connectivity index (χ0) is 13.0. The van der Waals surface area contributed by atoms with Crippen molar-refractivity contribution in [2.24, 2.45) is 17.6 Å². The van der Waals surface area contributed by atoms with Gasteiger partial charge in [0.05, 0.1) is 0 Å². The van der Waals surface area contributed by atoms with Gasteiger partial charge in [0.2, 0.25) is 5.91 Å². The lowest BCUT2D eigenvalue weighted by Crippen LogP contribution is -2.10. The van der Waals surface area contributed by atoms with E-state index in [1.54, 1.807) is 24.3 Å². The van der Waals surface area contributed by atoms with Crippen LogP contribution in [0.3, 0.4) is 0 Å². The van der Waals surface area contributed by atoms with Crippen LogP contribution < -0.4 is 5.73 Å². The van der Waals surface area contributed by atoms with Gasteiger partial charge < -0.3 is 10.8 Å². The molecule has 1 amide bonds. The van der Waals surface area contributed by atoms with Gasteiger partial charge in [0, 0.05) is 23.7 Å². The molecular weight excluding hydrogens is 226 g/mol. The number of amides is 1. The van der Waals surface area contributed by atoms with Crippen molar-refractivity contribution >= 4 is 5.91 Å². The summed E-state index contributed by atoms with van der Waals surface area (Å²) in [6.07, 6.45) is 0.971. The van der Waals surface area contributed by atoms with Gasteiger partial charge in [-0.2, -0.15) is 0 Å². The second-order valence-corrected chi connectivity index (χ2v) is 4.25. The van der Waals surface area contributed by atoms with Crippen LogP contribution >= 0.6 is 0 Å². The molecule has 0 bridgehead atoms. The molecule has 0 unspecified atom stereocenters. The Morgan fingerprint density at radius 2 is 2.06 bits per heavy atom. The van der Waals surface area contributed by atoms with E-state index in [4.69, 9.17) is 10.8 Å². The van der Waals surface area contributed by atoms with Gasteiger partial charge in [-0.15, -0.1) is 0 Å². The van der Waals surface area contributed by atoms with E-state index in [1.807, 2.05) is 0 Å². The summed E-state index contributed by atoms with van der Waals surface area (Å²) in [5, 5.41) is 8.84. The van der Waals surface area contributed by atoms with Crippen LogP contribution in [0.5, 0.6) is 0 Å². The van der Waals surface area contributed by atoms with Gasteiger partial charge >= 0.3 is 0 Å². The SMILES string of the molecule is NC(=O)c1ccc(C#CC#C[C@@H]2C[C@H]2CO)cc1. The normalized spacial score (nSPS) is 20.1. The Kier molecular flexibility index (Phi) is 3.67. The molecule has 1 aliphatic carbocycles. The largest absolute Gasteiger partial charge is 0.396 e. The summed E-state index contributed by atoms with van der Waals surface area (Å²) in [5.74, 6) is 11.6. The van der Waals surface area contributed by atoms with Crippen molar-refractivity contribution in [2.45, 2.75) is 6.42 Å². The highest BCUT2D eigenvalue weighted by Gasteiger charge is 2.34. The van der Waals surface area contributed by atoms with Gasteiger partial charge in [0.15, 0.2) is 0 Å². The van der Waals surface area contributed by atoms with Gasteiger partial charge in [-0.25, -0.2) is 0 Å². The van der Waals surface area contributed by atoms with E-state index < -0.39 is 5.91 Å². The van der Waals surface area contributed by atoms with Crippen LogP contribution in [0.25, 0.3) is 0 Å². The Bertz CT molecular complexity index is 566. The van der Waals surface area contributed by atoms with Crippen molar-refractivity contribution in [3.63, 3.8) is 0 Å². The van der Waals surface area contributed by atoms with Gasteiger partial charge in [-0.1, -0.05) is 11.8 Å². The van der Waals surface area contributed by atoms with E-state index in [1.165, 1.54) is 0 Å². The van der Waals surface area contributed by atoms with Crippen LogP contribution in [-0.4, -0.2) is 17.6 Å². The van der Waals surface area contributed by atoms with E-state index >= 15 is 0 Å². The molecule has 1 saturated carbocycles. The maximum absolute atomic E-state index is 10.9. The predicted octanol–water partition coefficient (Wildman–Crippen LogP) is 0.769. The number of hydrogen-bond donors (Lipinski definition) is 2. The van der Waals surface area contributed by atoms with Crippen LogP contribution in [0.4, 0.5) is 0 Å². The highest BCUT2D eigenvalue weighted by Crippen LogP contribution is 2.36. The molecule has 1 aliphatic rings. The van der Waals surface area contributed by atoms with Crippen molar-refractivity contribution in [3.05, 3.63) is 35.4 Å². The molecule has 90 valence electrons. The topological polar surface area (TPSA) is 63.3 Å². The first-order valence-corrected chi connectivity index (χ1v) is 5.73. The van der Waals surface area contributed by atoms with Crippen molar-refractivity contribution in [2.75, 3.05) is 6.61 Å². The first-order valence-electron chi connectivity index (χ1n) is 5.73. The van der Waals surface area contributed by atoms with Gasteiger partial charge in [0.25, 0.3) is 0 Å². The van der Waals surface area contributed by atoms with E-state index in [9.17, 15) is 4.79 Å². The summed E-state index contributed by atoms with van der Waals surface area (Å²) >= 11 is 0. The molecule has 1 aromatic rings. The highest BCUT2D eigenvalue weighted by atomic mass is 16.3. The van der Waals surface area contributed by atoms with Gasteiger partial charge in [-0.3, -0.25) is 4.79 Å². The molecule has 2 atom stereocenters. The Morgan fingerprint density at radius 1 is 1.33 bits per heavy atom. The molecule has 0 aromatic heterocycles. The molecule has 1 aromatic carbocycles. The summed E-state index contributed by atoms with van der Waals surface area (Å²) < 4.78 is 0.